The van der Waals surface area contributed by atoms with Gasteiger partial charge in [0.05, 0.1) is 18.1 Å². The molecule has 9 nitrogen and oxygen atoms in total. The first kappa shape index (κ1) is 31.2. The average Bonchev–Trinajstić information content (AvgIpc) is 2.96. The van der Waals surface area contributed by atoms with Gasteiger partial charge in [0.25, 0.3) is 0 Å². The van der Waals surface area contributed by atoms with Gasteiger partial charge in [-0.25, -0.2) is 8.42 Å². The maximum atomic E-state index is 13.4. The molecule has 0 bridgehead atoms. The largest absolute Gasteiger partial charge is 0.378 e. The molecule has 0 saturated carbocycles. The van der Waals surface area contributed by atoms with Crippen LogP contribution < -0.4 is 20.3 Å². The van der Waals surface area contributed by atoms with Crippen molar-refractivity contribution in [2.45, 2.75) is 56.9 Å². The number of hydrogen-bond acceptors (Lipinski definition) is 6. The molecule has 0 aromatic heterocycles. The molecule has 0 unspecified atom stereocenters. The van der Waals surface area contributed by atoms with Crippen LogP contribution in [0.2, 0.25) is 0 Å². The summed E-state index contributed by atoms with van der Waals surface area (Å²) < 4.78 is 34.3. The summed E-state index contributed by atoms with van der Waals surface area (Å²) in [5.74, 6) is -0.868. The van der Waals surface area contributed by atoms with Gasteiger partial charge in [0.15, 0.2) is 0 Å². The van der Waals surface area contributed by atoms with Crippen LogP contribution in [0.5, 0.6) is 0 Å². The van der Waals surface area contributed by atoms with Gasteiger partial charge in [-0.05, 0) is 72.9 Å². The van der Waals surface area contributed by atoms with Gasteiger partial charge in [-0.15, -0.1) is 0 Å². The molecule has 1 saturated heterocycles. The predicted molar refractivity (Wildman–Crippen MR) is 166 cm³/mol. The van der Waals surface area contributed by atoms with E-state index in [0.29, 0.717) is 24.6 Å². The number of nitrogens with zero attached hydrogens (tertiary/aromatic N) is 1. The summed E-state index contributed by atoms with van der Waals surface area (Å²) in [4.78, 5) is 28.4. The van der Waals surface area contributed by atoms with Gasteiger partial charge in [-0.1, -0.05) is 50.6 Å². The minimum absolute atomic E-state index is 0.0133. The van der Waals surface area contributed by atoms with Crippen molar-refractivity contribution in [2.24, 2.45) is 0 Å². The zero-order chi connectivity index (χ0) is 30.3. The number of aryl methyl sites for hydroxylation is 1. The molecular weight excluding hydrogens is 552 g/mol. The van der Waals surface area contributed by atoms with E-state index in [1.165, 1.54) is 12.1 Å². The number of carbonyl (C=O) groups excluding carboxylic acids is 2. The van der Waals surface area contributed by atoms with Crippen LogP contribution in [0.25, 0.3) is 0 Å². The molecule has 4 rings (SSSR count). The van der Waals surface area contributed by atoms with E-state index >= 15 is 0 Å². The zero-order valence-electron chi connectivity index (χ0n) is 24.6. The molecule has 3 N–H and O–H groups in total. The third-order valence-corrected chi connectivity index (χ3v) is 8.64. The fourth-order valence-corrected chi connectivity index (χ4v) is 5.81. The first-order valence-corrected chi connectivity index (χ1v) is 15.6. The molecule has 10 heteroatoms. The number of rotatable bonds is 10. The number of benzene rings is 3. The second-order valence-electron chi connectivity index (χ2n) is 11.5. The Morgan fingerprint density at radius 1 is 0.857 bits per heavy atom. The topological polar surface area (TPSA) is 117 Å². The molecule has 0 aliphatic carbocycles. The lowest BCUT2D eigenvalue weighted by Crippen LogP contribution is -2.44. The smallest absolute Gasteiger partial charge is 0.242 e. The number of sulfonamides is 1. The number of ether oxygens (including phenoxy) is 1. The number of carbonyl (C=O) groups is 2. The van der Waals surface area contributed by atoms with Crippen molar-refractivity contribution in [1.29, 1.82) is 0 Å². The summed E-state index contributed by atoms with van der Waals surface area (Å²) in [6.45, 7) is 11.1. The van der Waals surface area contributed by atoms with Crippen molar-refractivity contribution in [3.63, 3.8) is 0 Å². The summed E-state index contributed by atoms with van der Waals surface area (Å²) in [5.41, 5.74) is 4.21. The van der Waals surface area contributed by atoms with Crippen LogP contribution in [-0.4, -0.2) is 52.6 Å². The van der Waals surface area contributed by atoms with Crippen molar-refractivity contribution in [2.75, 3.05) is 41.8 Å². The fourth-order valence-electron chi connectivity index (χ4n) is 4.58. The second-order valence-corrected chi connectivity index (χ2v) is 13.3. The SMILES string of the molecule is Cc1ccc(S(=O)(=O)N[C@@H](CCC(=O)Nc2ccc(C(C)(C)C)cc2)C(=O)Nc2ccc(N3CCOCC3)cc2)cc1. The van der Waals surface area contributed by atoms with E-state index in [1.807, 2.05) is 43.3 Å². The Bertz CT molecular complexity index is 1460. The molecule has 1 heterocycles. The van der Waals surface area contributed by atoms with E-state index < -0.39 is 22.0 Å². The lowest BCUT2D eigenvalue weighted by atomic mass is 9.87. The van der Waals surface area contributed by atoms with Gasteiger partial charge in [-0.2, -0.15) is 4.72 Å². The van der Waals surface area contributed by atoms with Crippen molar-refractivity contribution in [3.8, 4) is 0 Å². The highest BCUT2D eigenvalue weighted by molar-refractivity contribution is 7.89. The minimum atomic E-state index is -4.02. The number of nitrogens with one attached hydrogen (secondary N) is 3. The van der Waals surface area contributed by atoms with E-state index in [-0.39, 0.29) is 29.1 Å². The Morgan fingerprint density at radius 2 is 1.43 bits per heavy atom. The Kier molecular flexibility index (Phi) is 10.0. The molecule has 1 aliphatic rings. The third-order valence-electron chi connectivity index (χ3n) is 7.15. The van der Waals surface area contributed by atoms with E-state index in [2.05, 4.69) is 41.0 Å². The zero-order valence-corrected chi connectivity index (χ0v) is 25.5. The Labute approximate surface area is 248 Å². The third kappa shape index (κ3) is 8.64. The maximum Gasteiger partial charge on any atom is 0.242 e. The first-order valence-electron chi connectivity index (χ1n) is 14.1. The maximum absolute atomic E-state index is 13.4. The summed E-state index contributed by atoms with van der Waals surface area (Å²) in [5, 5.41) is 5.65. The number of hydrogen-bond donors (Lipinski definition) is 3. The normalized spacial score (nSPS) is 14.7. The number of morpholine rings is 1. The van der Waals surface area contributed by atoms with Crippen LogP contribution in [0.15, 0.2) is 77.7 Å². The Hall–Kier alpha value is -3.73. The highest BCUT2D eigenvalue weighted by Gasteiger charge is 2.27. The lowest BCUT2D eigenvalue weighted by Gasteiger charge is -2.29. The average molecular weight is 593 g/mol. The van der Waals surface area contributed by atoms with Crippen LogP contribution in [0.4, 0.5) is 17.1 Å². The summed E-state index contributed by atoms with van der Waals surface area (Å²) in [6.07, 6.45) is -0.0970. The van der Waals surface area contributed by atoms with Crippen LogP contribution >= 0.6 is 0 Å². The molecular formula is C32H40N4O5S. The minimum Gasteiger partial charge on any atom is -0.378 e. The highest BCUT2D eigenvalue weighted by atomic mass is 32.2. The van der Waals surface area contributed by atoms with Gasteiger partial charge in [0.1, 0.15) is 6.04 Å². The van der Waals surface area contributed by atoms with Crippen LogP contribution in [-0.2, 0) is 29.8 Å². The quantitative estimate of drug-likeness (QED) is 0.311. The van der Waals surface area contributed by atoms with Crippen LogP contribution in [0, 0.1) is 6.92 Å². The van der Waals surface area contributed by atoms with Gasteiger partial charge in [-0.3, -0.25) is 9.59 Å². The first-order chi connectivity index (χ1) is 19.9. The van der Waals surface area contributed by atoms with E-state index in [9.17, 15) is 18.0 Å². The van der Waals surface area contributed by atoms with E-state index in [1.54, 1.807) is 24.3 Å². The molecule has 1 aliphatic heterocycles. The number of anilines is 3. The molecule has 224 valence electrons. The Morgan fingerprint density at radius 3 is 2.02 bits per heavy atom. The molecule has 3 aromatic carbocycles. The molecule has 2 amide bonds. The lowest BCUT2D eigenvalue weighted by molar-refractivity contribution is -0.118. The van der Waals surface area contributed by atoms with Crippen molar-refractivity contribution >= 4 is 38.9 Å². The predicted octanol–water partition coefficient (Wildman–Crippen LogP) is 4.83. The second kappa shape index (κ2) is 13.5. The highest BCUT2D eigenvalue weighted by Crippen LogP contribution is 2.24. The van der Waals surface area contributed by atoms with Gasteiger partial charge in [0, 0.05) is 36.6 Å². The monoisotopic (exact) mass is 592 g/mol. The van der Waals surface area contributed by atoms with Crippen LogP contribution in [0.1, 0.15) is 44.7 Å². The molecule has 1 atom stereocenters. The summed E-state index contributed by atoms with van der Waals surface area (Å²) >= 11 is 0. The summed E-state index contributed by atoms with van der Waals surface area (Å²) in [6, 6.07) is 20.2. The molecule has 3 aromatic rings. The van der Waals surface area contributed by atoms with Crippen LogP contribution in [0.3, 0.4) is 0 Å². The molecule has 1 fully saturated rings. The van der Waals surface area contributed by atoms with Gasteiger partial charge >= 0.3 is 0 Å². The van der Waals surface area contributed by atoms with E-state index in [4.69, 9.17) is 4.74 Å². The molecule has 0 radical (unpaired) electrons. The van der Waals surface area contributed by atoms with Crippen molar-refractivity contribution in [3.05, 3.63) is 83.9 Å². The van der Waals surface area contributed by atoms with E-state index in [0.717, 1.165) is 29.9 Å². The standard InChI is InChI=1S/C32H40N4O5S/c1-23-5-15-28(16-6-23)42(39,40)35-29(17-18-30(37)33-25-9-7-24(8-10-25)32(2,3)4)31(38)34-26-11-13-27(14-12-26)36-19-21-41-22-20-36/h5-16,29,35H,17-22H2,1-4H3,(H,33,37)(H,34,38)/t29-/m0/s1. The fraction of sp³-hybridized carbons (Fsp3) is 0.375. The van der Waals surface area contributed by atoms with Gasteiger partial charge in [0.2, 0.25) is 21.8 Å². The molecule has 42 heavy (non-hydrogen) atoms. The summed E-state index contributed by atoms with van der Waals surface area (Å²) in [7, 11) is -4.02. The van der Waals surface area contributed by atoms with Crippen molar-refractivity contribution in [1.82, 2.24) is 4.72 Å². The van der Waals surface area contributed by atoms with Crippen molar-refractivity contribution < 1.29 is 22.7 Å². The Balaban J connectivity index is 1.45. The number of amides is 2. The molecule has 0 spiro atoms. The van der Waals surface area contributed by atoms with Gasteiger partial charge < -0.3 is 20.3 Å².